The predicted octanol–water partition coefficient (Wildman–Crippen LogP) is 4.87. The van der Waals surface area contributed by atoms with Crippen LogP contribution in [-0.2, 0) is 5.41 Å². The zero-order valence-corrected chi connectivity index (χ0v) is 19.2. The van der Waals surface area contributed by atoms with Crippen LogP contribution in [0.2, 0.25) is 0 Å². The van der Waals surface area contributed by atoms with Crippen LogP contribution in [-0.4, -0.2) is 21.7 Å². The van der Waals surface area contributed by atoms with Crippen LogP contribution in [0.1, 0.15) is 50.6 Å². The molecule has 2 aromatic carbocycles. The van der Waals surface area contributed by atoms with Crippen molar-refractivity contribution >= 4 is 44.7 Å². The first kappa shape index (κ1) is 22.1. The van der Waals surface area contributed by atoms with Crippen molar-refractivity contribution in [2.24, 2.45) is 0 Å². The van der Waals surface area contributed by atoms with Gasteiger partial charge in [0.05, 0.1) is 17.2 Å². The van der Waals surface area contributed by atoms with Gasteiger partial charge in [0.2, 0.25) is 5.78 Å². The maximum atomic E-state index is 13.3. The number of amides is 1. The summed E-state index contributed by atoms with van der Waals surface area (Å²) in [5.74, 6) is -0.578. The minimum absolute atomic E-state index is 0.247. The molecule has 0 radical (unpaired) electrons. The Bertz CT molecular complexity index is 1450. The van der Waals surface area contributed by atoms with Gasteiger partial charge in [0, 0.05) is 29.2 Å². The number of nitrogens with two attached hydrogens (primary N) is 1. The first-order chi connectivity index (χ1) is 15.7. The van der Waals surface area contributed by atoms with Gasteiger partial charge in [0.1, 0.15) is 15.2 Å². The lowest BCUT2D eigenvalue weighted by Gasteiger charge is -2.16. The first-order valence-electron chi connectivity index (χ1n) is 10.2. The second-order valence-corrected chi connectivity index (χ2v) is 9.18. The lowest BCUT2D eigenvalue weighted by molar-refractivity contribution is 0.102. The molecule has 3 N–H and O–H groups in total. The molecule has 1 amide bonds. The van der Waals surface area contributed by atoms with E-state index in [1.165, 1.54) is 17.5 Å². The van der Waals surface area contributed by atoms with Crippen molar-refractivity contribution in [3.63, 3.8) is 0 Å². The minimum Gasteiger partial charge on any atom is -0.396 e. The van der Waals surface area contributed by atoms with E-state index in [1.807, 2.05) is 13.0 Å². The molecule has 0 atom stereocenters. The first-order valence-corrected chi connectivity index (χ1v) is 11.0. The highest BCUT2D eigenvalue weighted by Crippen LogP contribution is 2.33. The average Bonchev–Trinajstić information content (AvgIpc) is 3.16. The summed E-state index contributed by atoms with van der Waals surface area (Å²) in [4.78, 5) is 35.6. The van der Waals surface area contributed by atoms with Crippen LogP contribution in [0.25, 0.3) is 10.3 Å². The number of ketones is 1. The summed E-state index contributed by atoms with van der Waals surface area (Å²) in [5.41, 5.74) is 9.13. The summed E-state index contributed by atoms with van der Waals surface area (Å²) in [5, 5.41) is 12.2. The Morgan fingerprint density at radius 2 is 1.88 bits per heavy atom. The van der Waals surface area contributed by atoms with Crippen LogP contribution in [0.3, 0.4) is 0 Å². The quantitative estimate of drug-likeness (QED) is 0.414. The number of hydrogen-bond donors (Lipinski definition) is 2. The summed E-state index contributed by atoms with van der Waals surface area (Å²) in [6.45, 7) is 5.42. The lowest BCUT2D eigenvalue weighted by Crippen LogP contribution is -2.17. The van der Waals surface area contributed by atoms with Crippen molar-refractivity contribution in [2.75, 3.05) is 11.1 Å². The molecule has 0 saturated carbocycles. The molecule has 0 saturated heterocycles. The fourth-order valence-corrected chi connectivity index (χ4v) is 4.37. The number of nitrogens with zero attached hydrogens (tertiary/aromatic N) is 3. The maximum Gasteiger partial charge on any atom is 0.255 e. The van der Waals surface area contributed by atoms with Crippen LogP contribution >= 0.6 is 11.3 Å². The molecule has 0 spiro atoms. The summed E-state index contributed by atoms with van der Waals surface area (Å²) in [6.07, 6.45) is 3.09. The summed E-state index contributed by atoms with van der Waals surface area (Å²) >= 11 is 1.20. The molecule has 2 heterocycles. The van der Waals surface area contributed by atoms with Crippen molar-refractivity contribution in [2.45, 2.75) is 26.2 Å². The molecule has 8 heteroatoms. The zero-order chi connectivity index (χ0) is 23.8. The Morgan fingerprint density at radius 3 is 2.61 bits per heavy atom. The molecule has 33 heavy (non-hydrogen) atoms. The highest BCUT2D eigenvalue weighted by atomic mass is 32.1. The van der Waals surface area contributed by atoms with Crippen LogP contribution in [0.4, 0.5) is 11.4 Å². The van der Waals surface area contributed by atoms with Gasteiger partial charge in [-0.15, -0.1) is 11.3 Å². The molecule has 2 aromatic heterocycles. The number of aryl methyl sites for hydroxylation is 1. The topological polar surface area (TPSA) is 122 Å². The van der Waals surface area contributed by atoms with Crippen LogP contribution in [0.5, 0.6) is 0 Å². The number of carbonyl (C=O) groups is 2. The maximum absolute atomic E-state index is 13.3. The molecule has 0 unspecified atom stereocenters. The number of anilines is 2. The summed E-state index contributed by atoms with van der Waals surface area (Å²) in [6, 6.07) is 14.4. The van der Waals surface area contributed by atoms with E-state index in [2.05, 4.69) is 21.4 Å². The minimum atomic E-state index is -0.715. The Hall–Kier alpha value is -4.09. The number of nitrogens with one attached hydrogen (secondary N) is 1. The van der Waals surface area contributed by atoms with Crippen molar-refractivity contribution < 1.29 is 9.59 Å². The van der Waals surface area contributed by atoms with Crippen LogP contribution in [0.15, 0.2) is 54.9 Å². The number of benzene rings is 2. The number of aromatic nitrogens is 2. The third-order valence-corrected chi connectivity index (χ3v) is 6.54. The second-order valence-electron chi connectivity index (χ2n) is 8.19. The third-order valence-electron chi connectivity index (χ3n) is 5.44. The fourth-order valence-electron chi connectivity index (χ4n) is 3.40. The predicted molar refractivity (Wildman–Crippen MR) is 129 cm³/mol. The largest absolute Gasteiger partial charge is 0.396 e. The number of nitrogen functional groups attached to an aromatic ring is 1. The SMILES string of the molecule is Cc1ccc(NC(=O)c2cccc(C(C)(C)C#N)c2)cc1C(=O)c1sc2nccnc2c1N. The van der Waals surface area contributed by atoms with Gasteiger partial charge < -0.3 is 11.1 Å². The van der Waals surface area contributed by atoms with Gasteiger partial charge >= 0.3 is 0 Å². The molecule has 0 aliphatic rings. The molecule has 164 valence electrons. The highest BCUT2D eigenvalue weighted by molar-refractivity contribution is 7.21. The Kier molecular flexibility index (Phi) is 5.66. The van der Waals surface area contributed by atoms with Crippen molar-refractivity contribution in [3.8, 4) is 6.07 Å². The van der Waals surface area contributed by atoms with Gasteiger partial charge in [0.15, 0.2) is 0 Å². The van der Waals surface area contributed by atoms with E-state index in [-0.39, 0.29) is 11.7 Å². The lowest BCUT2D eigenvalue weighted by atomic mass is 9.85. The third kappa shape index (κ3) is 4.19. The average molecular weight is 456 g/mol. The Morgan fingerprint density at radius 1 is 1.12 bits per heavy atom. The Labute approximate surface area is 194 Å². The summed E-state index contributed by atoms with van der Waals surface area (Å²) < 4.78 is 0. The van der Waals surface area contributed by atoms with Gasteiger partial charge in [-0.3, -0.25) is 9.59 Å². The van der Waals surface area contributed by atoms with E-state index in [4.69, 9.17) is 5.73 Å². The van der Waals surface area contributed by atoms with Crippen LogP contribution in [0, 0.1) is 18.3 Å². The van der Waals surface area contributed by atoms with E-state index >= 15 is 0 Å². The van der Waals surface area contributed by atoms with Gasteiger partial charge in [-0.1, -0.05) is 18.2 Å². The van der Waals surface area contributed by atoms with E-state index in [9.17, 15) is 14.9 Å². The summed E-state index contributed by atoms with van der Waals surface area (Å²) in [7, 11) is 0. The van der Waals surface area contributed by atoms with Crippen molar-refractivity contribution in [3.05, 3.63) is 82.0 Å². The van der Waals surface area contributed by atoms with Crippen LogP contribution < -0.4 is 11.1 Å². The highest BCUT2D eigenvalue weighted by Gasteiger charge is 2.23. The smallest absolute Gasteiger partial charge is 0.255 e. The number of thiophene rings is 1. The number of carbonyl (C=O) groups excluding carboxylic acids is 2. The number of hydrogen-bond acceptors (Lipinski definition) is 7. The number of rotatable bonds is 5. The number of nitriles is 1. The molecule has 0 fully saturated rings. The van der Waals surface area contributed by atoms with Crippen molar-refractivity contribution in [1.82, 2.24) is 9.97 Å². The molecule has 7 nitrogen and oxygen atoms in total. The van der Waals surface area contributed by atoms with Gasteiger partial charge in [-0.25, -0.2) is 9.97 Å². The van der Waals surface area contributed by atoms with Gasteiger partial charge in [0.25, 0.3) is 5.91 Å². The zero-order valence-electron chi connectivity index (χ0n) is 18.3. The van der Waals surface area contributed by atoms with E-state index in [1.54, 1.807) is 56.4 Å². The Balaban J connectivity index is 1.63. The molecule has 0 aliphatic carbocycles. The monoisotopic (exact) mass is 455 g/mol. The normalized spacial score (nSPS) is 11.2. The molecular weight excluding hydrogens is 434 g/mol. The van der Waals surface area contributed by atoms with E-state index in [0.717, 1.165) is 11.1 Å². The fraction of sp³-hybridized carbons (Fsp3) is 0.160. The molecule has 4 rings (SSSR count). The molecule has 4 aromatic rings. The number of fused-ring (bicyclic) bond motifs is 1. The van der Waals surface area contributed by atoms with E-state index in [0.29, 0.717) is 37.7 Å². The standard InChI is InChI=1S/C25H21N5O2S/c1-14-7-8-17(30-23(32)15-5-4-6-16(11-15)25(2,3)13-26)12-18(14)21(31)22-19(27)20-24(33-22)29-10-9-28-20/h4-12H,27H2,1-3H3,(H,30,32). The molecule has 0 aliphatic heterocycles. The molecular formula is C25H21N5O2S. The van der Waals surface area contributed by atoms with E-state index < -0.39 is 5.41 Å². The van der Waals surface area contributed by atoms with Gasteiger partial charge in [-0.05, 0) is 56.2 Å². The second kappa shape index (κ2) is 8.45. The van der Waals surface area contributed by atoms with Crippen molar-refractivity contribution in [1.29, 1.82) is 5.26 Å². The van der Waals surface area contributed by atoms with Gasteiger partial charge in [-0.2, -0.15) is 5.26 Å². The molecule has 0 bridgehead atoms.